The second kappa shape index (κ2) is 5.74. The number of aryl methyl sites for hydroxylation is 1. The molecule has 3 rings (SSSR count). The number of nitrogens with one attached hydrogen (secondary N) is 2. The molecule has 1 aliphatic heterocycles. The van der Waals surface area contributed by atoms with Crippen molar-refractivity contribution in [3.8, 4) is 0 Å². The van der Waals surface area contributed by atoms with E-state index in [4.69, 9.17) is 11.6 Å². The van der Waals surface area contributed by atoms with Crippen LogP contribution in [0.25, 0.3) is 0 Å². The van der Waals surface area contributed by atoms with Crippen LogP contribution in [0.1, 0.15) is 63.6 Å². The molecule has 1 fully saturated rings. The second-order valence-electron chi connectivity index (χ2n) is 8.49. The number of hydrogen-bond donors (Lipinski definition) is 2. The van der Waals surface area contributed by atoms with E-state index in [9.17, 15) is 4.79 Å². The lowest BCUT2D eigenvalue weighted by Crippen LogP contribution is -2.57. The van der Waals surface area contributed by atoms with Crippen LogP contribution in [-0.4, -0.2) is 24.5 Å². The van der Waals surface area contributed by atoms with Gasteiger partial charge in [0.1, 0.15) is 0 Å². The number of rotatable bonds is 2. The van der Waals surface area contributed by atoms with E-state index in [2.05, 4.69) is 50.5 Å². The van der Waals surface area contributed by atoms with E-state index in [0.717, 1.165) is 42.9 Å². The fraction of sp³-hybridized carbons (Fsp3) is 0.650. The van der Waals surface area contributed by atoms with Gasteiger partial charge in [-0.1, -0.05) is 24.6 Å². The first-order valence-corrected chi connectivity index (χ1v) is 9.30. The lowest BCUT2D eigenvalue weighted by atomic mass is 9.65. The van der Waals surface area contributed by atoms with Gasteiger partial charge in [0.15, 0.2) is 0 Å². The van der Waals surface area contributed by atoms with Gasteiger partial charge < -0.3 is 10.6 Å². The Hall–Kier alpha value is -1.06. The number of amides is 1. The van der Waals surface area contributed by atoms with Gasteiger partial charge in [0.25, 0.3) is 0 Å². The number of carbonyl (C=O) groups is 1. The molecule has 0 radical (unpaired) electrons. The van der Waals surface area contributed by atoms with Gasteiger partial charge in [-0.3, -0.25) is 4.79 Å². The zero-order valence-corrected chi connectivity index (χ0v) is 16.2. The van der Waals surface area contributed by atoms with Gasteiger partial charge in [-0.15, -0.1) is 0 Å². The predicted octanol–water partition coefficient (Wildman–Crippen LogP) is 3.85. The van der Waals surface area contributed by atoms with Gasteiger partial charge in [0, 0.05) is 22.9 Å². The van der Waals surface area contributed by atoms with Crippen LogP contribution in [-0.2, 0) is 15.6 Å². The molecule has 2 N–H and O–H groups in total. The third-order valence-corrected chi connectivity index (χ3v) is 6.99. The van der Waals surface area contributed by atoms with Crippen LogP contribution in [0.5, 0.6) is 0 Å². The molecule has 0 aromatic heterocycles. The lowest BCUT2D eigenvalue weighted by Gasteiger charge is -2.45. The highest BCUT2D eigenvalue weighted by atomic mass is 35.5. The highest BCUT2D eigenvalue weighted by molar-refractivity contribution is 6.31. The third kappa shape index (κ3) is 2.57. The smallest absolute Gasteiger partial charge is 0.217 e. The molecule has 1 saturated heterocycles. The number of piperidine rings is 1. The highest BCUT2D eigenvalue weighted by Crippen LogP contribution is 2.58. The Morgan fingerprint density at radius 2 is 1.88 bits per heavy atom. The van der Waals surface area contributed by atoms with Crippen molar-refractivity contribution in [2.75, 3.05) is 13.1 Å². The summed E-state index contributed by atoms with van der Waals surface area (Å²) in [6, 6.07) is 4.46. The second-order valence-corrected chi connectivity index (χ2v) is 8.90. The minimum atomic E-state index is -0.333. The molecule has 4 heteroatoms. The quantitative estimate of drug-likeness (QED) is 0.852. The molecule has 132 valence electrons. The van der Waals surface area contributed by atoms with Gasteiger partial charge >= 0.3 is 0 Å². The molecule has 0 bridgehead atoms. The number of hydrogen-bond acceptors (Lipinski definition) is 2. The summed E-state index contributed by atoms with van der Waals surface area (Å²) in [5.41, 5.74) is 3.64. The molecule has 1 aromatic rings. The molecule has 1 spiro atoms. The average molecular weight is 349 g/mol. The van der Waals surface area contributed by atoms with Gasteiger partial charge in [-0.25, -0.2) is 0 Å². The maximum Gasteiger partial charge on any atom is 0.217 e. The van der Waals surface area contributed by atoms with Crippen molar-refractivity contribution in [1.82, 2.24) is 10.6 Å². The van der Waals surface area contributed by atoms with E-state index in [0.29, 0.717) is 0 Å². The van der Waals surface area contributed by atoms with E-state index < -0.39 is 0 Å². The van der Waals surface area contributed by atoms with Crippen molar-refractivity contribution >= 4 is 17.5 Å². The van der Waals surface area contributed by atoms with Gasteiger partial charge in [0.05, 0.1) is 0 Å². The van der Waals surface area contributed by atoms with E-state index in [1.807, 2.05) is 0 Å². The summed E-state index contributed by atoms with van der Waals surface area (Å²) in [5.74, 6) is 0.0206. The van der Waals surface area contributed by atoms with Crippen molar-refractivity contribution in [2.45, 2.75) is 70.3 Å². The minimum Gasteiger partial charge on any atom is -0.351 e. The van der Waals surface area contributed by atoms with Crippen LogP contribution in [0.4, 0.5) is 0 Å². The first-order valence-electron chi connectivity index (χ1n) is 8.92. The Kier molecular flexibility index (Phi) is 4.25. The van der Waals surface area contributed by atoms with Crippen LogP contribution < -0.4 is 10.6 Å². The number of carbonyl (C=O) groups excluding carboxylic acids is 1. The Balaban J connectivity index is 2.18. The Morgan fingerprint density at radius 3 is 2.46 bits per heavy atom. The number of benzene rings is 1. The van der Waals surface area contributed by atoms with Crippen LogP contribution in [0.15, 0.2) is 12.1 Å². The standard InChI is InChI=1S/C20H29ClN2O/c1-13-10-16-15(11-17(13)21)19(5,18(3,4)23-14(2)24)12-20(16)6-8-22-9-7-20/h10-11,22H,6-9,12H2,1-5H3,(H,23,24)/t19-/m0/s1. The maximum atomic E-state index is 11.8. The highest BCUT2D eigenvalue weighted by Gasteiger charge is 2.56. The fourth-order valence-corrected chi connectivity index (χ4v) is 5.09. The van der Waals surface area contributed by atoms with E-state index in [1.165, 1.54) is 11.1 Å². The summed E-state index contributed by atoms with van der Waals surface area (Å²) < 4.78 is 0. The summed E-state index contributed by atoms with van der Waals surface area (Å²) in [6.45, 7) is 12.4. The van der Waals surface area contributed by atoms with Crippen molar-refractivity contribution in [3.63, 3.8) is 0 Å². The predicted molar refractivity (Wildman–Crippen MR) is 99.8 cm³/mol. The molecule has 1 atom stereocenters. The zero-order valence-electron chi connectivity index (χ0n) is 15.5. The Morgan fingerprint density at radius 1 is 1.25 bits per heavy atom. The first kappa shape index (κ1) is 17.8. The monoisotopic (exact) mass is 348 g/mol. The largest absolute Gasteiger partial charge is 0.351 e. The van der Waals surface area contributed by atoms with Crippen molar-refractivity contribution in [2.24, 2.45) is 0 Å². The van der Waals surface area contributed by atoms with E-state index in [-0.39, 0.29) is 22.3 Å². The first-order chi connectivity index (χ1) is 11.1. The van der Waals surface area contributed by atoms with Gasteiger partial charge in [0.2, 0.25) is 5.91 Å². The average Bonchev–Trinajstić information content (AvgIpc) is 2.70. The number of fused-ring (bicyclic) bond motifs is 2. The summed E-state index contributed by atoms with van der Waals surface area (Å²) >= 11 is 6.50. The van der Waals surface area contributed by atoms with Gasteiger partial charge in [-0.05, 0) is 81.3 Å². The molecule has 0 saturated carbocycles. The van der Waals surface area contributed by atoms with Crippen molar-refractivity contribution in [3.05, 3.63) is 33.8 Å². The molecule has 0 unspecified atom stereocenters. The molecule has 1 aliphatic carbocycles. The zero-order chi connectivity index (χ0) is 17.8. The summed E-state index contributed by atoms with van der Waals surface area (Å²) in [4.78, 5) is 11.8. The Bertz CT molecular complexity index is 676. The molecule has 3 nitrogen and oxygen atoms in total. The summed E-state index contributed by atoms with van der Waals surface area (Å²) in [7, 11) is 0. The van der Waals surface area contributed by atoms with Crippen molar-refractivity contribution in [1.29, 1.82) is 0 Å². The van der Waals surface area contributed by atoms with Crippen LogP contribution in [0.3, 0.4) is 0 Å². The topological polar surface area (TPSA) is 41.1 Å². The fourth-order valence-electron chi connectivity index (χ4n) is 4.93. The lowest BCUT2D eigenvalue weighted by molar-refractivity contribution is -0.121. The number of halogens is 1. The normalized spacial score (nSPS) is 25.6. The Labute approximate surface area is 150 Å². The molecule has 24 heavy (non-hydrogen) atoms. The van der Waals surface area contributed by atoms with Crippen LogP contribution in [0, 0.1) is 6.92 Å². The molecule has 2 aliphatic rings. The summed E-state index contributed by atoms with van der Waals surface area (Å²) in [5, 5.41) is 7.52. The molecule has 1 heterocycles. The summed E-state index contributed by atoms with van der Waals surface area (Å²) in [6.07, 6.45) is 3.35. The molecular formula is C20H29ClN2O. The molecular weight excluding hydrogens is 320 g/mol. The van der Waals surface area contributed by atoms with E-state index >= 15 is 0 Å². The SMILES string of the molecule is CC(=O)NC(C)(C)[C@@]1(C)CC2(CCNCC2)c2cc(C)c(Cl)cc21. The van der Waals surface area contributed by atoms with E-state index in [1.54, 1.807) is 6.92 Å². The molecule has 1 aromatic carbocycles. The maximum absolute atomic E-state index is 11.8. The van der Waals surface area contributed by atoms with Gasteiger partial charge in [-0.2, -0.15) is 0 Å². The third-order valence-electron chi connectivity index (χ3n) is 6.59. The minimum absolute atomic E-state index is 0.0206. The van der Waals surface area contributed by atoms with Crippen LogP contribution in [0.2, 0.25) is 5.02 Å². The molecule has 1 amide bonds. The van der Waals surface area contributed by atoms with Crippen molar-refractivity contribution < 1.29 is 4.79 Å². The van der Waals surface area contributed by atoms with Crippen LogP contribution >= 0.6 is 11.6 Å².